The summed E-state index contributed by atoms with van der Waals surface area (Å²) in [7, 11) is 0. The Morgan fingerprint density at radius 2 is 1.25 bits per heavy atom. The van der Waals surface area contributed by atoms with E-state index in [2.05, 4.69) is 0 Å². The number of aliphatic hydroxyl groups is 2. The van der Waals surface area contributed by atoms with E-state index in [1.807, 2.05) is 0 Å². The minimum absolute atomic E-state index is 0.436. The average Bonchev–Trinajstić information content (AvgIpc) is 2.01. The summed E-state index contributed by atoms with van der Waals surface area (Å²) < 4.78 is 14.7. The molecular weight excluding hydrogens is 152 g/mol. The first-order valence-electron chi connectivity index (χ1n) is 4.77. The molecular formula is C10H14O2. The van der Waals surface area contributed by atoms with Crippen LogP contribution in [-0.2, 0) is 0 Å². The molecule has 0 bridgehead atoms. The van der Waals surface area contributed by atoms with Crippen LogP contribution in [0.1, 0.15) is 39.9 Å². The van der Waals surface area contributed by atoms with E-state index in [1.54, 1.807) is 0 Å². The first-order valence-corrected chi connectivity index (χ1v) is 3.77. The predicted molar refractivity (Wildman–Crippen MR) is 47.7 cm³/mol. The largest absolute Gasteiger partial charge is 0.389 e. The minimum atomic E-state index is -1.63. The van der Waals surface area contributed by atoms with Crippen LogP contribution in [0, 0.1) is 0 Å². The van der Waals surface area contributed by atoms with Crippen molar-refractivity contribution >= 4 is 0 Å². The SMILES string of the molecule is [2H][C@](C)(O)c1ccc([C@@]([2H])(C)O)cc1. The monoisotopic (exact) mass is 168 g/mol. The Morgan fingerprint density at radius 3 is 1.42 bits per heavy atom. The molecule has 0 unspecified atom stereocenters. The van der Waals surface area contributed by atoms with E-state index >= 15 is 0 Å². The molecule has 2 heteroatoms. The van der Waals surface area contributed by atoms with E-state index in [4.69, 9.17) is 2.74 Å². The Morgan fingerprint density at radius 1 is 1.00 bits per heavy atom. The molecule has 66 valence electrons. The first-order chi connectivity index (χ1) is 6.21. The lowest BCUT2D eigenvalue weighted by Gasteiger charge is -2.07. The third kappa shape index (κ3) is 2.06. The lowest BCUT2D eigenvalue weighted by molar-refractivity contribution is 0.195. The quantitative estimate of drug-likeness (QED) is 0.706. The fourth-order valence-corrected chi connectivity index (χ4v) is 0.953. The number of hydrogen-bond donors (Lipinski definition) is 2. The fraction of sp³-hybridized carbons (Fsp3) is 0.400. The van der Waals surface area contributed by atoms with Crippen molar-refractivity contribution in [3.8, 4) is 0 Å². The molecule has 0 fully saturated rings. The van der Waals surface area contributed by atoms with Crippen molar-refractivity contribution < 1.29 is 13.0 Å². The zero-order valence-electron chi connectivity index (χ0n) is 9.20. The van der Waals surface area contributed by atoms with Crippen LogP contribution < -0.4 is 0 Å². The van der Waals surface area contributed by atoms with Gasteiger partial charge in [0.2, 0.25) is 0 Å². The van der Waals surface area contributed by atoms with Gasteiger partial charge in [-0.25, -0.2) is 0 Å². The third-order valence-corrected chi connectivity index (χ3v) is 1.72. The summed E-state index contributed by atoms with van der Waals surface area (Å²) in [6, 6.07) is 6.13. The van der Waals surface area contributed by atoms with Crippen molar-refractivity contribution in [2.24, 2.45) is 0 Å². The standard InChI is InChI=1S/C10H14O2/c1-7(11)9-3-5-10(6-4-9)8(2)12/h3-8,11-12H,1-2H3/t7-,8-/m1/s1/i7D,8D. The highest BCUT2D eigenvalue weighted by Crippen LogP contribution is 2.16. The molecule has 2 N–H and O–H groups in total. The molecule has 1 aromatic rings. The van der Waals surface area contributed by atoms with Gasteiger partial charge in [0.05, 0.1) is 14.9 Å². The van der Waals surface area contributed by atoms with Gasteiger partial charge < -0.3 is 10.2 Å². The van der Waals surface area contributed by atoms with Gasteiger partial charge in [-0.1, -0.05) is 24.3 Å². The van der Waals surface area contributed by atoms with E-state index < -0.39 is 12.2 Å². The van der Waals surface area contributed by atoms with Crippen LogP contribution >= 0.6 is 0 Å². The summed E-state index contributed by atoms with van der Waals surface area (Å²) >= 11 is 0. The van der Waals surface area contributed by atoms with Gasteiger partial charge in [-0.05, 0) is 25.0 Å². The van der Waals surface area contributed by atoms with Gasteiger partial charge in [-0.3, -0.25) is 0 Å². The smallest absolute Gasteiger partial charge is 0.0761 e. The van der Waals surface area contributed by atoms with Crippen LogP contribution in [0.2, 0.25) is 0 Å². The second-order valence-corrected chi connectivity index (χ2v) is 2.75. The van der Waals surface area contributed by atoms with Gasteiger partial charge in [-0.2, -0.15) is 0 Å². The molecule has 0 saturated carbocycles. The summed E-state index contributed by atoms with van der Waals surface area (Å²) in [5, 5.41) is 18.7. The lowest BCUT2D eigenvalue weighted by atomic mass is 10.1. The van der Waals surface area contributed by atoms with E-state index in [1.165, 1.54) is 38.1 Å². The fourth-order valence-electron chi connectivity index (χ4n) is 0.953. The molecule has 0 aromatic heterocycles. The Kier molecular flexibility index (Phi) is 2.04. The Balaban J connectivity index is 3.02. The highest BCUT2D eigenvalue weighted by atomic mass is 16.3. The second kappa shape index (κ2) is 3.70. The van der Waals surface area contributed by atoms with Gasteiger partial charge in [0, 0.05) is 0 Å². The molecule has 0 aliphatic carbocycles. The third-order valence-electron chi connectivity index (χ3n) is 1.72. The molecule has 0 heterocycles. The van der Waals surface area contributed by atoms with Crippen molar-refractivity contribution in [2.45, 2.75) is 26.0 Å². The molecule has 2 atom stereocenters. The molecule has 12 heavy (non-hydrogen) atoms. The van der Waals surface area contributed by atoms with Crippen LogP contribution in [0.4, 0.5) is 0 Å². The minimum Gasteiger partial charge on any atom is -0.389 e. The summed E-state index contributed by atoms with van der Waals surface area (Å²) in [5.41, 5.74) is 0.871. The Bertz CT molecular complexity index is 273. The van der Waals surface area contributed by atoms with Gasteiger partial charge >= 0.3 is 0 Å². The molecule has 0 aliphatic heterocycles. The van der Waals surface area contributed by atoms with Gasteiger partial charge in [0.1, 0.15) is 0 Å². The maximum Gasteiger partial charge on any atom is 0.0761 e. The normalized spacial score (nSPS) is 23.3. The molecule has 1 rings (SSSR count). The van der Waals surface area contributed by atoms with Gasteiger partial charge in [0.15, 0.2) is 0 Å². The van der Waals surface area contributed by atoms with E-state index in [0.29, 0.717) is 11.1 Å². The molecule has 0 spiro atoms. The van der Waals surface area contributed by atoms with Crippen LogP contribution in [-0.4, -0.2) is 10.2 Å². The second-order valence-electron chi connectivity index (χ2n) is 2.75. The summed E-state index contributed by atoms with van der Waals surface area (Å²) in [6.07, 6.45) is -3.27. The summed E-state index contributed by atoms with van der Waals surface area (Å²) in [5.74, 6) is 0. The van der Waals surface area contributed by atoms with E-state index in [9.17, 15) is 10.2 Å². The van der Waals surface area contributed by atoms with Crippen molar-refractivity contribution in [2.75, 3.05) is 0 Å². The van der Waals surface area contributed by atoms with Crippen molar-refractivity contribution in [3.05, 3.63) is 35.4 Å². The molecule has 2 nitrogen and oxygen atoms in total. The molecule has 0 radical (unpaired) electrons. The highest BCUT2D eigenvalue weighted by Gasteiger charge is 2.02. The topological polar surface area (TPSA) is 40.5 Å². The van der Waals surface area contributed by atoms with Crippen molar-refractivity contribution in [1.29, 1.82) is 0 Å². The predicted octanol–water partition coefficient (Wildman–Crippen LogP) is 1.79. The zero-order chi connectivity index (χ0) is 11.0. The van der Waals surface area contributed by atoms with Crippen LogP contribution in [0.15, 0.2) is 24.3 Å². The lowest BCUT2D eigenvalue weighted by Crippen LogP contribution is -1.94. The van der Waals surface area contributed by atoms with Gasteiger partial charge in [0.25, 0.3) is 0 Å². The Labute approximate surface area is 75.3 Å². The van der Waals surface area contributed by atoms with Crippen LogP contribution in [0.25, 0.3) is 0 Å². The number of rotatable bonds is 2. The molecule has 0 saturated heterocycles. The number of hydrogen-bond acceptors (Lipinski definition) is 2. The summed E-state index contributed by atoms with van der Waals surface area (Å²) in [4.78, 5) is 0. The molecule has 0 aliphatic rings. The van der Waals surface area contributed by atoms with E-state index in [-0.39, 0.29) is 0 Å². The molecule has 0 amide bonds. The Hall–Kier alpha value is -0.860. The van der Waals surface area contributed by atoms with Gasteiger partial charge in [-0.15, -0.1) is 0 Å². The van der Waals surface area contributed by atoms with Crippen molar-refractivity contribution in [3.63, 3.8) is 0 Å². The highest BCUT2D eigenvalue weighted by molar-refractivity contribution is 5.24. The molecule has 1 aromatic carbocycles. The number of benzene rings is 1. The van der Waals surface area contributed by atoms with E-state index in [0.717, 1.165) is 0 Å². The van der Waals surface area contributed by atoms with Crippen LogP contribution in [0.5, 0.6) is 0 Å². The van der Waals surface area contributed by atoms with Crippen LogP contribution in [0.3, 0.4) is 0 Å². The summed E-state index contributed by atoms with van der Waals surface area (Å²) in [6.45, 7) is 2.72. The maximum absolute atomic E-state index is 9.34. The van der Waals surface area contributed by atoms with Crippen molar-refractivity contribution in [1.82, 2.24) is 0 Å². The zero-order valence-corrected chi connectivity index (χ0v) is 7.20. The average molecular weight is 168 g/mol. The maximum atomic E-state index is 9.34. The first kappa shape index (κ1) is 6.63.